The number of rotatable bonds is 5. The first-order valence-corrected chi connectivity index (χ1v) is 6.30. The van der Waals surface area contributed by atoms with Crippen molar-refractivity contribution in [2.75, 3.05) is 12.4 Å². The molecular weight excluding hydrogens is 233 g/mol. The summed E-state index contributed by atoms with van der Waals surface area (Å²) in [7, 11) is 1.25. The van der Waals surface area contributed by atoms with Gasteiger partial charge in [0.05, 0.1) is 12.7 Å². The van der Waals surface area contributed by atoms with Crippen LogP contribution in [0.3, 0.4) is 0 Å². The molecule has 0 spiro atoms. The molecule has 3 nitrogen and oxygen atoms in total. The van der Waals surface area contributed by atoms with Crippen molar-refractivity contribution in [2.24, 2.45) is 5.92 Å². The Morgan fingerprint density at radius 1 is 1.56 bits per heavy atom. The maximum atomic E-state index is 13.5. The van der Waals surface area contributed by atoms with Crippen LogP contribution < -0.4 is 5.32 Å². The van der Waals surface area contributed by atoms with E-state index in [0.29, 0.717) is 12.0 Å². The first-order valence-electron chi connectivity index (χ1n) is 6.30. The van der Waals surface area contributed by atoms with Gasteiger partial charge in [0.2, 0.25) is 0 Å². The minimum absolute atomic E-state index is 0.0202. The summed E-state index contributed by atoms with van der Waals surface area (Å²) in [4.78, 5) is 11.4. The van der Waals surface area contributed by atoms with E-state index >= 15 is 0 Å². The minimum atomic E-state index is -0.643. The molecule has 1 aromatic rings. The molecule has 1 aromatic carbocycles. The summed E-state index contributed by atoms with van der Waals surface area (Å²) in [5.41, 5.74) is 0.753. The maximum Gasteiger partial charge on any atom is 0.340 e. The molecule has 0 aliphatic heterocycles. The number of halogens is 1. The fourth-order valence-corrected chi connectivity index (χ4v) is 2.15. The van der Waals surface area contributed by atoms with Gasteiger partial charge in [-0.15, -0.1) is 0 Å². The Labute approximate surface area is 106 Å². The zero-order valence-corrected chi connectivity index (χ0v) is 10.7. The number of carbonyl (C=O) groups excluding carboxylic acids is 1. The second-order valence-electron chi connectivity index (χ2n) is 4.68. The second kappa shape index (κ2) is 5.38. The van der Waals surface area contributed by atoms with E-state index in [-0.39, 0.29) is 5.56 Å². The van der Waals surface area contributed by atoms with Crippen LogP contribution in [0.2, 0.25) is 0 Å². The molecule has 4 heteroatoms. The number of methoxy groups -OCH3 is 1. The Hall–Kier alpha value is -1.58. The number of hydrogen-bond acceptors (Lipinski definition) is 3. The fourth-order valence-electron chi connectivity index (χ4n) is 2.15. The van der Waals surface area contributed by atoms with E-state index in [9.17, 15) is 9.18 Å². The van der Waals surface area contributed by atoms with Crippen LogP contribution in [0, 0.1) is 11.7 Å². The summed E-state index contributed by atoms with van der Waals surface area (Å²) in [6, 6.07) is 4.88. The van der Waals surface area contributed by atoms with Crippen LogP contribution in [0.15, 0.2) is 18.2 Å². The lowest BCUT2D eigenvalue weighted by Crippen LogP contribution is -2.21. The molecule has 98 valence electrons. The van der Waals surface area contributed by atoms with Crippen LogP contribution in [0.1, 0.15) is 36.5 Å². The van der Waals surface area contributed by atoms with Gasteiger partial charge in [-0.25, -0.2) is 9.18 Å². The van der Waals surface area contributed by atoms with Crippen LogP contribution in [0.25, 0.3) is 0 Å². The Bertz CT molecular complexity index is 443. The Balaban J connectivity index is 2.15. The summed E-state index contributed by atoms with van der Waals surface area (Å²) in [6.07, 6.45) is 3.52. The minimum Gasteiger partial charge on any atom is -0.465 e. The van der Waals surface area contributed by atoms with Crippen LogP contribution in [0.4, 0.5) is 10.1 Å². The number of benzene rings is 1. The molecule has 1 N–H and O–H groups in total. The van der Waals surface area contributed by atoms with E-state index in [4.69, 9.17) is 0 Å². The quantitative estimate of drug-likeness (QED) is 0.817. The predicted octanol–water partition coefficient (Wildman–Crippen LogP) is 3.21. The number of hydrogen-bond donors (Lipinski definition) is 1. The van der Waals surface area contributed by atoms with Gasteiger partial charge in [0, 0.05) is 11.7 Å². The first-order chi connectivity index (χ1) is 8.65. The SMILES string of the molecule is CCC(Nc1ccc(F)c(C(=O)OC)c1)C1CC1. The molecule has 18 heavy (non-hydrogen) atoms. The molecule has 0 heterocycles. The van der Waals surface area contributed by atoms with Gasteiger partial charge in [-0.05, 0) is 43.4 Å². The summed E-state index contributed by atoms with van der Waals surface area (Å²) in [5.74, 6) is -0.482. The van der Waals surface area contributed by atoms with Crippen LogP contribution >= 0.6 is 0 Å². The van der Waals surface area contributed by atoms with Crippen molar-refractivity contribution >= 4 is 11.7 Å². The summed E-state index contributed by atoms with van der Waals surface area (Å²) in [5, 5.41) is 3.36. The number of ether oxygens (including phenoxy) is 1. The summed E-state index contributed by atoms with van der Waals surface area (Å²) < 4.78 is 18.0. The molecule has 1 aliphatic rings. The van der Waals surface area contributed by atoms with Gasteiger partial charge in [-0.1, -0.05) is 6.92 Å². The molecule has 1 fully saturated rings. The lowest BCUT2D eigenvalue weighted by atomic mass is 10.1. The topological polar surface area (TPSA) is 38.3 Å². The number of anilines is 1. The van der Waals surface area contributed by atoms with E-state index in [1.54, 1.807) is 6.07 Å². The lowest BCUT2D eigenvalue weighted by molar-refractivity contribution is 0.0595. The van der Waals surface area contributed by atoms with Crippen molar-refractivity contribution in [1.82, 2.24) is 0 Å². The van der Waals surface area contributed by atoms with Crippen LogP contribution in [0.5, 0.6) is 0 Å². The van der Waals surface area contributed by atoms with Crippen molar-refractivity contribution in [3.05, 3.63) is 29.6 Å². The highest BCUT2D eigenvalue weighted by atomic mass is 19.1. The van der Waals surface area contributed by atoms with Gasteiger partial charge in [-0.3, -0.25) is 0 Å². The van der Waals surface area contributed by atoms with Gasteiger partial charge in [-0.2, -0.15) is 0 Å². The van der Waals surface area contributed by atoms with E-state index in [1.165, 1.54) is 32.1 Å². The molecule has 1 atom stereocenters. The molecule has 1 aliphatic carbocycles. The molecule has 0 saturated heterocycles. The van der Waals surface area contributed by atoms with Crippen molar-refractivity contribution in [3.8, 4) is 0 Å². The summed E-state index contributed by atoms with van der Waals surface area (Å²) in [6.45, 7) is 2.13. The molecule has 0 radical (unpaired) electrons. The molecule has 1 saturated carbocycles. The van der Waals surface area contributed by atoms with Crippen molar-refractivity contribution < 1.29 is 13.9 Å². The zero-order chi connectivity index (χ0) is 13.1. The van der Waals surface area contributed by atoms with Gasteiger partial charge >= 0.3 is 5.97 Å². The Morgan fingerprint density at radius 2 is 2.28 bits per heavy atom. The molecule has 0 aromatic heterocycles. The monoisotopic (exact) mass is 251 g/mol. The third kappa shape index (κ3) is 2.81. The number of nitrogens with one attached hydrogen (secondary N) is 1. The van der Waals surface area contributed by atoms with Crippen LogP contribution in [-0.2, 0) is 4.74 Å². The van der Waals surface area contributed by atoms with E-state index in [1.807, 2.05) is 0 Å². The third-order valence-electron chi connectivity index (χ3n) is 3.35. The molecular formula is C14H18FNO2. The standard InChI is InChI=1S/C14H18FNO2/c1-3-13(9-4-5-9)16-10-6-7-12(15)11(8-10)14(17)18-2/h6-9,13,16H,3-5H2,1-2H3. The summed E-state index contributed by atoms with van der Waals surface area (Å²) >= 11 is 0. The van der Waals surface area contributed by atoms with Crippen LogP contribution in [-0.4, -0.2) is 19.1 Å². The molecule has 2 rings (SSSR count). The maximum absolute atomic E-state index is 13.5. The predicted molar refractivity (Wildman–Crippen MR) is 68.2 cm³/mol. The largest absolute Gasteiger partial charge is 0.465 e. The van der Waals surface area contributed by atoms with Gasteiger partial charge in [0.1, 0.15) is 5.82 Å². The average Bonchev–Trinajstić information content (AvgIpc) is 3.21. The zero-order valence-electron chi connectivity index (χ0n) is 10.7. The molecule has 1 unspecified atom stereocenters. The second-order valence-corrected chi connectivity index (χ2v) is 4.68. The smallest absolute Gasteiger partial charge is 0.340 e. The average molecular weight is 251 g/mol. The van der Waals surface area contributed by atoms with Gasteiger partial charge in [0.15, 0.2) is 0 Å². The lowest BCUT2D eigenvalue weighted by Gasteiger charge is -2.18. The van der Waals surface area contributed by atoms with Gasteiger partial charge < -0.3 is 10.1 Å². The highest BCUT2D eigenvalue weighted by molar-refractivity contribution is 5.90. The van der Waals surface area contributed by atoms with E-state index < -0.39 is 11.8 Å². The van der Waals surface area contributed by atoms with Gasteiger partial charge in [0.25, 0.3) is 0 Å². The Kier molecular flexibility index (Phi) is 3.84. The molecule has 0 bridgehead atoms. The normalized spacial score (nSPS) is 16.2. The third-order valence-corrected chi connectivity index (χ3v) is 3.35. The van der Waals surface area contributed by atoms with Crippen molar-refractivity contribution in [1.29, 1.82) is 0 Å². The van der Waals surface area contributed by atoms with E-state index in [2.05, 4.69) is 17.0 Å². The highest BCUT2D eigenvalue weighted by Crippen LogP contribution is 2.35. The van der Waals surface area contributed by atoms with E-state index in [0.717, 1.165) is 12.1 Å². The fraction of sp³-hybridized carbons (Fsp3) is 0.500. The molecule has 0 amide bonds. The van der Waals surface area contributed by atoms with Crippen molar-refractivity contribution in [3.63, 3.8) is 0 Å². The number of carbonyl (C=O) groups is 1. The highest BCUT2D eigenvalue weighted by Gasteiger charge is 2.29. The number of esters is 1. The van der Waals surface area contributed by atoms with Crippen molar-refractivity contribution in [2.45, 2.75) is 32.2 Å². The first kappa shape index (κ1) is 12.9. The Morgan fingerprint density at radius 3 is 2.83 bits per heavy atom.